The molecule has 2 aromatic heterocycles. The number of aromatic nitrogens is 5. The van der Waals surface area contributed by atoms with E-state index >= 15 is 0 Å². The molecule has 2 aromatic rings. The van der Waals surface area contributed by atoms with E-state index < -0.39 is 0 Å². The number of fused-ring (bicyclic) bond motifs is 1. The Hall–Kier alpha value is -2.18. The molecule has 100 valence electrons. The van der Waals surface area contributed by atoms with Crippen molar-refractivity contribution in [1.29, 1.82) is 0 Å². The number of nitrogens with one attached hydrogen (secondary N) is 1. The average molecular weight is 260 g/mol. The fraction of sp³-hybridized carbons (Fsp3) is 0.500. The van der Waals surface area contributed by atoms with Crippen molar-refractivity contribution in [3.05, 3.63) is 29.6 Å². The Morgan fingerprint density at radius 2 is 2.21 bits per heavy atom. The first-order chi connectivity index (χ1) is 9.16. The number of hydrogen-bond donors (Lipinski definition) is 1. The van der Waals surface area contributed by atoms with E-state index in [4.69, 9.17) is 0 Å². The lowest BCUT2D eigenvalue weighted by atomic mass is 10.2. The molecule has 0 bridgehead atoms. The molecule has 0 saturated carbocycles. The lowest BCUT2D eigenvalue weighted by molar-refractivity contribution is 0.0700. The fourth-order valence-corrected chi connectivity index (χ4v) is 2.33. The summed E-state index contributed by atoms with van der Waals surface area (Å²) in [6.07, 6.45) is 1.58. The second kappa shape index (κ2) is 4.49. The molecule has 3 rings (SSSR count). The first kappa shape index (κ1) is 11.9. The Morgan fingerprint density at radius 1 is 1.37 bits per heavy atom. The molecule has 0 aliphatic carbocycles. The Morgan fingerprint density at radius 3 is 2.89 bits per heavy atom. The smallest absolute Gasteiger partial charge is 0.272 e. The predicted molar refractivity (Wildman–Crippen MR) is 67.4 cm³/mol. The maximum Gasteiger partial charge on any atom is 0.272 e. The molecule has 0 radical (unpaired) electrons. The first-order valence-corrected chi connectivity index (χ1v) is 6.37. The molecule has 0 aromatic carbocycles. The number of nitrogens with zero attached hydrogens (tertiary/aromatic N) is 5. The van der Waals surface area contributed by atoms with Crippen LogP contribution in [0.2, 0.25) is 0 Å². The van der Waals surface area contributed by atoms with Gasteiger partial charge in [0.1, 0.15) is 11.5 Å². The number of rotatable bonds is 2. The van der Waals surface area contributed by atoms with Crippen molar-refractivity contribution in [1.82, 2.24) is 29.9 Å². The zero-order chi connectivity index (χ0) is 13.4. The molecule has 1 aliphatic heterocycles. The SMILES string of the molecule is CC(C)c1nnc2n1CCN(C(=O)c1ccn[nH]1)C2. The van der Waals surface area contributed by atoms with Gasteiger partial charge < -0.3 is 9.47 Å². The summed E-state index contributed by atoms with van der Waals surface area (Å²) in [6, 6.07) is 1.68. The molecule has 0 saturated heterocycles. The quantitative estimate of drug-likeness (QED) is 0.865. The minimum absolute atomic E-state index is 0.0437. The van der Waals surface area contributed by atoms with Crippen LogP contribution >= 0.6 is 0 Å². The second-order valence-electron chi connectivity index (χ2n) is 4.98. The van der Waals surface area contributed by atoms with Gasteiger partial charge in [-0.3, -0.25) is 9.89 Å². The number of carbonyl (C=O) groups is 1. The van der Waals surface area contributed by atoms with Gasteiger partial charge in [-0.25, -0.2) is 0 Å². The van der Waals surface area contributed by atoms with Crippen LogP contribution in [0, 0.1) is 0 Å². The van der Waals surface area contributed by atoms with Gasteiger partial charge in [-0.15, -0.1) is 10.2 Å². The maximum atomic E-state index is 12.2. The molecule has 1 amide bonds. The third kappa shape index (κ3) is 2.00. The highest BCUT2D eigenvalue weighted by Gasteiger charge is 2.26. The summed E-state index contributed by atoms with van der Waals surface area (Å²) < 4.78 is 2.11. The van der Waals surface area contributed by atoms with Gasteiger partial charge in [0.15, 0.2) is 5.82 Å². The molecule has 3 heterocycles. The Bertz CT molecular complexity index is 585. The summed E-state index contributed by atoms with van der Waals surface area (Å²) in [5, 5.41) is 14.9. The van der Waals surface area contributed by atoms with Gasteiger partial charge in [0.2, 0.25) is 0 Å². The predicted octanol–water partition coefficient (Wildman–Crippen LogP) is 0.781. The van der Waals surface area contributed by atoms with Crippen LogP contribution in [0.4, 0.5) is 0 Å². The van der Waals surface area contributed by atoms with Gasteiger partial charge in [-0.1, -0.05) is 13.8 Å². The molecular weight excluding hydrogens is 244 g/mol. The van der Waals surface area contributed by atoms with Gasteiger partial charge in [0, 0.05) is 25.2 Å². The fourth-order valence-electron chi connectivity index (χ4n) is 2.33. The number of H-pyrrole nitrogens is 1. The molecule has 0 unspecified atom stereocenters. The maximum absolute atomic E-state index is 12.2. The van der Waals surface area contributed by atoms with Crippen LogP contribution in [0.5, 0.6) is 0 Å². The van der Waals surface area contributed by atoms with E-state index in [2.05, 4.69) is 38.8 Å². The van der Waals surface area contributed by atoms with Gasteiger partial charge in [-0.2, -0.15) is 5.10 Å². The summed E-state index contributed by atoms with van der Waals surface area (Å²) in [5.74, 6) is 2.14. The van der Waals surface area contributed by atoms with Crippen molar-refractivity contribution in [3.8, 4) is 0 Å². The van der Waals surface area contributed by atoms with Crippen LogP contribution in [0.3, 0.4) is 0 Å². The van der Waals surface area contributed by atoms with Crippen molar-refractivity contribution in [2.45, 2.75) is 32.9 Å². The molecule has 1 aliphatic rings. The third-order valence-electron chi connectivity index (χ3n) is 3.32. The largest absolute Gasteiger partial charge is 0.328 e. The highest BCUT2D eigenvalue weighted by atomic mass is 16.2. The van der Waals surface area contributed by atoms with Crippen molar-refractivity contribution < 1.29 is 4.79 Å². The average Bonchev–Trinajstić information content (AvgIpc) is 3.06. The van der Waals surface area contributed by atoms with Crippen LogP contribution in [0.1, 0.15) is 41.9 Å². The molecule has 0 atom stereocenters. The van der Waals surface area contributed by atoms with Crippen LogP contribution < -0.4 is 0 Å². The van der Waals surface area contributed by atoms with E-state index in [0.29, 0.717) is 24.7 Å². The third-order valence-corrected chi connectivity index (χ3v) is 3.32. The molecule has 0 spiro atoms. The standard InChI is InChI=1S/C12H16N6O/c1-8(2)11-16-15-10-7-17(5-6-18(10)11)12(19)9-3-4-13-14-9/h3-4,8H,5-7H2,1-2H3,(H,13,14). The first-order valence-electron chi connectivity index (χ1n) is 6.37. The normalized spacial score (nSPS) is 14.8. The van der Waals surface area contributed by atoms with Gasteiger partial charge in [-0.05, 0) is 6.07 Å². The van der Waals surface area contributed by atoms with Gasteiger partial charge in [0.05, 0.1) is 6.54 Å². The number of carbonyl (C=O) groups excluding carboxylic acids is 1. The van der Waals surface area contributed by atoms with Crippen molar-refractivity contribution in [3.63, 3.8) is 0 Å². The second-order valence-corrected chi connectivity index (χ2v) is 4.98. The molecule has 19 heavy (non-hydrogen) atoms. The molecule has 0 fully saturated rings. The van der Waals surface area contributed by atoms with Crippen molar-refractivity contribution >= 4 is 5.91 Å². The van der Waals surface area contributed by atoms with E-state index in [1.807, 2.05) is 0 Å². The van der Waals surface area contributed by atoms with E-state index in [9.17, 15) is 4.79 Å². The number of amides is 1. The van der Waals surface area contributed by atoms with Crippen LogP contribution in [0.25, 0.3) is 0 Å². The number of hydrogen-bond acceptors (Lipinski definition) is 4. The highest BCUT2D eigenvalue weighted by molar-refractivity contribution is 5.92. The van der Waals surface area contributed by atoms with Crippen LogP contribution in [-0.4, -0.2) is 42.3 Å². The Kier molecular flexibility index (Phi) is 2.81. The highest BCUT2D eigenvalue weighted by Crippen LogP contribution is 2.19. The lowest BCUT2D eigenvalue weighted by Gasteiger charge is -2.27. The molecule has 7 heteroatoms. The molecule has 7 nitrogen and oxygen atoms in total. The van der Waals surface area contributed by atoms with E-state index in [-0.39, 0.29) is 5.91 Å². The van der Waals surface area contributed by atoms with Crippen molar-refractivity contribution in [2.75, 3.05) is 6.54 Å². The molecular formula is C12H16N6O. The zero-order valence-corrected chi connectivity index (χ0v) is 11.0. The van der Waals surface area contributed by atoms with E-state index in [0.717, 1.165) is 18.2 Å². The minimum atomic E-state index is -0.0437. The Balaban J connectivity index is 1.81. The minimum Gasteiger partial charge on any atom is -0.328 e. The molecule has 1 N–H and O–H groups in total. The van der Waals surface area contributed by atoms with Crippen LogP contribution in [-0.2, 0) is 13.1 Å². The number of aromatic amines is 1. The van der Waals surface area contributed by atoms with Gasteiger partial charge >= 0.3 is 0 Å². The van der Waals surface area contributed by atoms with Gasteiger partial charge in [0.25, 0.3) is 5.91 Å². The van der Waals surface area contributed by atoms with Crippen LogP contribution in [0.15, 0.2) is 12.3 Å². The van der Waals surface area contributed by atoms with E-state index in [1.165, 1.54) is 0 Å². The summed E-state index contributed by atoms with van der Waals surface area (Å²) >= 11 is 0. The Labute approximate surface area is 110 Å². The lowest BCUT2D eigenvalue weighted by Crippen LogP contribution is -2.39. The zero-order valence-electron chi connectivity index (χ0n) is 11.0. The summed E-state index contributed by atoms with van der Waals surface area (Å²) in [4.78, 5) is 14.0. The van der Waals surface area contributed by atoms with E-state index in [1.54, 1.807) is 17.2 Å². The summed E-state index contributed by atoms with van der Waals surface area (Å²) in [5.41, 5.74) is 0.511. The summed E-state index contributed by atoms with van der Waals surface area (Å²) in [6.45, 7) is 6.11. The topological polar surface area (TPSA) is 79.7 Å². The monoisotopic (exact) mass is 260 g/mol. The summed E-state index contributed by atoms with van der Waals surface area (Å²) in [7, 11) is 0. The van der Waals surface area contributed by atoms with Crippen molar-refractivity contribution in [2.24, 2.45) is 0 Å².